The van der Waals surface area contributed by atoms with E-state index in [2.05, 4.69) is 9.05 Å². The Kier molecular flexibility index (Phi) is 5.48. The predicted molar refractivity (Wildman–Crippen MR) is 49.0 cm³/mol. The summed E-state index contributed by atoms with van der Waals surface area (Å²) in [7, 11) is -11.5. The fourth-order valence-electron chi connectivity index (χ4n) is 1.73. The van der Waals surface area contributed by atoms with Crippen LogP contribution in [0.4, 0.5) is 0 Å². The standard InChI is InChI=1S/C6H14O12P2/c7-1-2(8)5(17-19(11,12)13)4(10)6(3(1)9)18-20(14,15)16/h1-10H,(H2,11,12,13)(H2,14,15,16)/p-4/t1?,2-,3-,4?,5-,6+/m1/s1. The summed E-state index contributed by atoms with van der Waals surface area (Å²) in [4.78, 5) is 41.7. The summed E-state index contributed by atoms with van der Waals surface area (Å²) < 4.78 is 28.4. The summed E-state index contributed by atoms with van der Waals surface area (Å²) in [5, 5.41) is 37.6. The van der Waals surface area contributed by atoms with Crippen LogP contribution in [-0.4, -0.2) is 57.0 Å². The summed E-state index contributed by atoms with van der Waals surface area (Å²) in [6.07, 6.45) is -13.7. The Morgan fingerprint density at radius 3 is 1.20 bits per heavy atom. The van der Waals surface area contributed by atoms with Gasteiger partial charge in [0, 0.05) is 0 Å². The highest BCUT2D eigenvalue weighted by Crippen LogP contribution is 2.39. The Hall–Kier alpha value is 0.0600. The summed E-state index contributed by atoms with van der Waals surface area (Å²) >= 11 is 0. The van der Waals surface area contributed by atoms with Crippen LogP contribution in [0.15, 0.2) is 0 Å². The van der Waals surface area contributed by atoms with Crippen LogP contribution in [0.5, 0.6) is 0 Å². The Balaban J connectivity index is 3.02. The van der Waals surface area contributed by atoms with E-state index in [1.54, 1.807) is 0 Å². The van der Waals surface area contributed by atoms with Crippen molar-refractivity contribution < 1.29 is 58.2 Å². The number of aliphatic hydroxyl groups excluding tert-OH is 4. The third kappa shape index (κ3) is 4.53. The van der Waals surface area contributed by atoms with E-state index in [1.165, 1.54) is 0 Å². The molecule has 0 aliphatic heterocycles. The van der Waals surface area contributed by atoms with Crippen molar-refractivity contribution >= 4 is 15.6 Å². The van der Waals surface area contributed by atoms with Crippen molar-refractivity contribution in [2.75, 3.05) is 0 Å². The van der Waals surface area contributed by atoms with Gasteiger partial charge in [0.2, 0.25) is 0 Å². The number of hydrogen-bond acceptors (Lipinski definition) is 12. The van der Waals surface area contributed by atoms with E-state index in [-0.39, 0.29) is 0 Å². The normalized spacial score (nSPS) is 39.8. The lowest BCUT2D eigenvalue weighted by Crippen LogP contribution is -2.65. The van der Waals surface area contributed by atoms with Crippen LogP contribution in [0.2, 0.25) is 0 Å². The van der Waals surface area contributed by atoms with Gasteiger partial charge < -0.3 is 58.2 Å². The average molecular weight is 336 g/mol. The maximum absolute atomic E-state index is 10.4. The number of phosphoric acid groups is 2. The van der Waals surface area contributed by atoms with Crippen molar-refractivity contribution in [2.45, 2.75) is 36.6 Å². The molecule has 4 N–H and O–H groups in total. The fraction of sp³-hybridized carbons (Fsp3) is 1.00. The zero-order valence-electron chi connectivity index (χ0n) is 9.41. The SMILES string of the molecule is O=P([O-])([O-])O[C@@H]1C(O)[C@H](OP(=O)([O-])[O-])[C@H](O)C(O)[C@H]1O. The monoisotopic (exact) mass is 336 g/mol. The molecule has 0 aromatic heterocycles. The molecule has 1 saturated carbocycles. The zero-order valence-corrected chi connectivity index (χ0v) is 11.2. The van der Waals surface area contributed by atoms with E-state index in [0.717, 1.165) is 0 Å². The molecule has 0 radical (unpaired) electrons. The van der Waals surface area contributed by atoms with Gasteiger partial charge in [0.15, 0.2) is 0 Å². The van der Waals surface area contributed by atoms with E-state index in [4.69, 9.17) is 0 Å². The van der Waals surface area contributed by atoms with E-state index >= 15 is 0 Å². The molecule has 0 saturated heterocycles. The van der Waals surface area contributed by atoms with Crippen LogP contribution in [0, 0.1) is 0 Å². The van der Waals surface area contributed by atoms with E-state index < -0.39 is 52.3 Å². The summed E-state index contributed by atoms with van der Waals surface area (Å²) in [6, 6.07) is 0. The molecule has 0 aromatic carbocycles. The lowest BCUT2D eigenvalue weighted by atomic mass is 9.85. The number of rotatable bonds is 4. The maximum atomic E-state index is 10.4. The van der Waals surface area contributed by atoms with Gasteiger partial charge in [0.1, 0.15) is 36.6 Å². The largest absolute Gasteiger partial charge is 0.790 e. The van der Waals surface area contributed by atoms with Crippen molar-refractivity contribution in [3.8, 4) is 0 Å². The molecule has 1 rings (SSSR count). The molecule has 14 heteroatoms. The minimum absolute atomic E-state index is 2.23. The quantitative estimate of drug-likeness (QED) is 0.352. The highest BCUT2D eigenvalue weighted by Gasteiger charge is 2.50. The topological polar surface area (TPSA) is 226 Å². The third-order valence-corrected chi connectivity index (χ3v) is 3.55. The van der Waals surface area contributed by atoms with Crippen molar-refractivity contribution in [1.29, 1.82) is 0 Å². The van der Waals surface area contributed by atoms with Gasteiger partial charge in [0.05, 0.1) is 15.6 Å². The molecular formula is C6H10O12P2-4. The molecule has 0 heterocycles. The van der Waals surface area contributed by atoms with Gasteiger partial charge in [-0.25, -0.2) is 0 Å². The van der Waals surface area contributed by atoms with Gasteiger partial charge >= 0.3 is 0 Å². The van der Waals surface area contributed by atoms with Gasteiger partial charge in [-0.15, -0.1) is 0 Å². The lowest BCUT2D eigenvalue weighted by Gasteiger charge is -2.48. The Labute approximate surface area is 111 Å². The van der Waals surface area contributed by atoms with Gasteiger partial charge in [-0.1, -0.05) is 0 Å². The summed E-state index contributed by atoms with van der Waals surface area (Å²) in [6.45, 7) is 0. The van der Waals surface area contributed by atoms with E-state index in [1.807, 2.05) is 0 Å². The second-order valence-electron chi connectivity index (χ2n) is 4.00. The molecule has 2 unspecified atom stereocenters. The van der Waals surface area contributed by atoms with Gasteiger partial charge in [-0.2, -0.15) is 0 Å². The van der Waals surface area contributed by atoms with E-state index in [9.17, 15) is 49.1 Å². The molecule has 0 spiro atoms. The highest BCUT2D eigenvalue weighted by atomic mass is 31.2. The van der Waals surface area contributed by atoms with E-state index in [0.29, 0.717) is 0 Å². The first kappa shape index (κ1) is 18.1. The van der Waals surface area contributed by atoms with Crippen LogP contribution >= 0.6 is 15.6 Å². The van der Waals surface area contributed by atoms with Crippen LogP contribution in [0.3, 0.4) is 0 Å². The summed E-state index contributed by atoms with van der Waals surface area (Å²) in [5.74, 6) is 0. The first-order valence-electron chi connectivity index (χ1n) is 4.96. The second kappa shape index (κ2) is 6.05. The molecule has 0 aromatic rings. The molecule has 6 atom stereocenters. The van der Waals surface area contributed by atoms with Gasteiger partial charge in [-0.3, -0.25) is 0 Å². The predicted octanol–water partition coefficient (Wildman–Crippen LogP) is -6.13. The third-order valence-electron chi connectivity index (χ3n) is 2.55. The van der Waals surface area contributed by atoms with Crippen LogP contribution < -0.4 is 19.6 Å². The molecule has 120 valence electrons. The molecule has 1 aliphatic rings. The molecule has 0 amide bonds. The van der Waals surface area contributed by atoms with Crippen molar-refractivity contribution in [1.82, 2.24) is 0 Å². The smallest absolute Gasteiger partial charge is 0.120 e. The number of aliphatic hydroxyl groups is 4. The van der Waals surface area contributed by atoms with Crippen LogP contribution in [0.25, 0.3) is 0 Å². The van der Waals surface area contributed by atoms with Gasteiger partial charge in [0.25, 0.3) is 0 Å². The fourth-order valence-corrected chi connectivity index (χ4v) is 2.82. The zero-order chi connectivity index (χ0) is 15.9. The first-order valence-corrected chi connectivity index (χ1v) is 7.89. The number of phosphoric ester groups is 2. The molecule has 1 aliphatic carbocycles. The molecule has 0 bridgehead atoms. The second-order valence-corrected chi connectivity index (χ2v) is 6.21. The number of hydrogen-bond donors (Lipinski definition) is 4. The van der Waals surface area contributed by atoms with Gasteiger partial charge in [-0.05, 0) is 0 Å². The Morgan fingerprint density at radius 2 is 0.950 bits per heavy atom. The van der Waals surface area contributed by atoms with Crippen molar-refractivity contribution in [3.63, 3.8) is 0 Å². The highest BCUT2D eigenvalue weighted by molar-refractivity contribution is 7.43. The van der Waals surface area contributed by atoms with Crippen LogP contribution in [-0.2, 0) is 18.2 Å². The van der Waals surface area contributed by atoms with Crippen molar-refractivity contribution in [3.05, 3.63) is 0 Å². The average Bonchev–Trinajstić information content (AvgIpc) is 2.25. The maximum Gasteiger partial charge on any atom is 0.120 e. The Bertz CT molecular complexity index is 390. The van der Waals surface area contributed by atoms with Crippen molar-refractivity contribution in [2.24, 2.45) is 0 Å². The van der Waals surface area contributed by atoms with Crippen LogP contribution in [0.1, 0.15) is 0 Å². The minimum Gasteiger partial charge on any atom is -0.790 e. The lowest BCUT2D eigenvalue weighted by molar-refractivity contribution is -0.360. The molecule has 1 fully saturated rings. The minimum atomic E-state index is -5.73. The Morgan fingerprint density at radius 1 is 0.650 bits per heavy atom. The first-order chi connectivity index (χ1) is 8.83. The molecule has 12 nitrogen and oxygen atoms in total. The summed E-state index contributed by atoms with van der Waals surface area (Å²) in [5.41, 5.74) is 0. The molecular weight excluding hydrogens is 326 g/mol. The molecule has 20 heavy (non-hydrogen) atoms.